The molecule has 1 aromatic heterocycles. The van der Waals surface area contributed by atoms with Crippen LogP contribution in [0.2, 0.25) is 0 Å². The Kier molecular flexibility index (Phi) is 5.24. The van der Waals surface area contributed by atoms with E-state index in [0.717, 1.165) is 32.2 Å². The van der Waals surface area contributed by atoms with Gasteiger partial charge in [0, 0.05) is 38.5 Å². The number of amides is 1. The summed E-state index contributed by atoms with van der Waals surface area (Å²) in [6.45, 7) is 2.83. The summed E-state index contributed by atoms with van der Waals surface area (Å²) in [5.41, 5.74) is 0.655. The van der Waals surface area contributed by atoms with Crippen molar-refractivity contribution in [2.75, 3.05) is 32.6 Å². The monoisotopic (exact) mass is 355 g/mol. The van der Waals surface area contributed by atoms with Gasteiger partial charge >= 0.3 is 0 Å². The lowest BCUT2D eigenvalue weighted by atomic mass is 9.91. The number of ether oxygens (including phenoxy) is 1. The molecule has 0 bridgehead atoms. The Morgan fingerprint density at radius 2 is 2.12 bits per heavy atom. The molecule has 0 aliphatic carbocycles. The fourth-order valence-electron chi connectivity index (χ4n) is 3.69. The summed E-state index contributed by atoms with van der Waals surface area (Å²) in [6, 6.07) is 0. The second kappa shape index (κ2) is 7.23. The van der Waals surface area contributed by atoms with E-state index in [-0.39, 0.29) is 22.6 Å². The van der Waals surface area contributed by atoms with Gasteiger partial charge in [0.15, 0.2) is 9.84 Å². The Balaban J connectivity index is 1.64. The first-order valence-corrected chi connectivity index (χ1v) is 10.4. The topological polar surface area (TPSA) is 92.4 Å². The number of hydrogen-bond acceptors (Lipinski definition) is 5. The molecule has 2 fully saturated rings. The molecule has 1 N–H and O–H groups in total. The number of nitrogens with one attached hydrogen (secondary N) is 1. The van der Waals surface area contributed by atoms with Gasteiger partial charge in [-0.2, -0.15) is 5.10 Å². The molecule has 0 aromatic carbocycles. The van der Waals surface area contributed by atoms with Gasteiger partial charge in [0.05, 0.1) is 11.9 Å². The van der Waals surface area contributed by atoms with Crippen molar-refractivity contribution in [2.24, 2.45) is 11.8 Å². The number of likely N-dealkylation sites (tertiary alicyclic amines) is 1. The van der Waals surface area contributed by atoms with E-state index < -0.39 is 9.84 Å². The molecule has 3 rings (SSSR count). The first-order chi connectivity index (χ1) is 11.4. The minimum atomic E-state index is -3.28. The van der Waals surface area contributed by atoms with Crippen molar-refractivity contribution in [1.82, 2.24) is 15.1 Å². The number of carbonyl (C=O) groups excluding carboxylic acids is 1. The number of piperidine rings is 1. The summed E-state index contributed by atoms with van der Waals surface area (Å²) < 4.78 is 28.9. The molecule has 7 nitrogen and oxygen atoms in total. The van der Waals surface area contributed by atoms with Gasteiger partial charge in [0.2, 0.25) is 5.91 Å². The first kappa shape index (κ1) is 17.4. The molecule has 3 heterocycles. The number of hydrogen-bond donors (Lipinski definition) is 1. The highest BCUT2D eigenvalue weighted by Crippen LogP contribution is 2.26. The Morgan fingerprint density at radius 3 is 2.83 bits per heavy atom. The Morgan fingerprint density at radius 1 is 1.38 bits per heavy atom. The average Bonchev–Trinajstić information content (AvgIpc) is 3.04. The molecule has 0 radical (unpaired) electrons. The maximum Gasteiger partial charge on any atom is 0.225 e. The third-order valence-corrected chi connectivity index (χ3v) is 6.12. The number of H-pyrrole nitrogens is 1. The van der Waals surface area contributed by atoms with Crippen LogP contribution in [-0.4, -0.2) is 62.0 Å². The van der Waals surface area contributed by atoms with Crippen molar-refractivity contribution >= 4 is 15.7 Å². The highest BCUT2D eigenvalue weighted by atomic mass is 32.2. The van der Waals surface area contributed by atoms with Gasteiger partial charge in [-0.15, -0.1) is 0 Å². The van der Waals surface area contributed by atoms with Crippen LogP contribution in [0.3, 0.4) is 0 Å². The standard InChI is InChI=1S/C16H25N3O4S/c1-24(21,22)15-10-17-18-14(15)9-12-3-2-6-19(11-12)16(20)13-4-7-23-8-5-13/h10,12-13H,2-9,11H2,1H3,(H,17,18). The van der Waals surface area contributed by atoms with Crippen molar-refractivity contribution in [3.05, 3.63) is 11.9 Å². The fraction of sp³-hybridized carbons (Fsp3) is 0.750. The number of aromatic nitrogens is 2. The van der Waals surface area contributed by atoms with Gasteiger partial charge in [-0.3, -0.25) is 9.89 Å². The zero-order valence-electron chi connectivity index (χ0n) is 14.0. The second-order valence-electron chi connectivity index (χ2n) is 6.87. The lowest BCUT2D eigenvalue weighted by Crippen LogP contribution is -2.44. The van der Waals surface area contributed by atoms with Crippen LogP contribution in [0.25, 0.3) is 0 Å². The van der Waals surface area contributed by atoms with Crippen LogP contribution in [0.15, 0.2) is 11.1 Å². The van der Waals surface area contributed by atoms with Crippen LogP contribution < -0.4 is 0 Å². The van der Waals surface area contributed by atoms with E-state index >= 15 is 0 Å². The molecule has 1 unspecified atom stereocenters. The van der Waals surface area contributed by atoms with Crippen LogP contribution in [0, 0.1) is 11.8 Å². The van der Waals surface area contributed by atoms with E-state index in [2.05, 4.69) is 10.2 Å². The van der Waals surface area contributed by atoms with E-state index in [1.54, 1.807) is 0 Å². The zero-order chi connectivity index (χ0) is 17.2. The third kappa shape index (κ3) is 3.97. The Bertz CT molecular complexity index is 679. The minimum absolute atomic E-state index is 0.0798. The highest BCUT2D eigenvalue weighted by molar-refractivity contribution is 7.90. The summed E-state index contributed by atoms with van der Waals surface area (Å²) in [5.74, 6) is 0.579. The van der Waals surface area contributed by atoms with Crippen molar-refractivity contribution < 1.29 is 17.9 Å². The normalized spacial score (nSPS) is 23.4. The smallest absolute Gasteiger partial charge is 0.225 e. The molecule has 0 saturated carbocycles. The molecule has 2 aliphatic heterocycles. The van der Waals surface area contributed by atoms with E-state index in [0.29, 0.717) is 31.9 Å². The van der Waals surface area contributed by atoms with Gasteiger partial charge in [-0.1, -0.05) is 0 Å². The largest absolute Gasteiger partial charge is 0.381 e. The molecule has 0 spiro atoms. The lowest BCUT2D eigenvalue weighted by Gasteiger charge is -2.35. The molecule has 1 atom stereocenters. The summed E-state index contributed by atoms with van der Waals surface area (Å²) >= 11 is 0. The van der Waals surface area contributed by atoms with Crippen LogP contribution in [0.5, 0.6) is 0 Å². The van der Waals surface area contributed by atoms with Gasteiger partial charge in [-0.05, 0) is 38.0 Å². The number of aromatic amines is 1. The van der Waals surface area contributed by atoms with Crippen LogP contribution >= 0.6 is 0 Å². The summed E-state index contributed by atoms with van der Waals surface area (Å²) in [6.07, 6.45) is 6.75. The molecule has 2 saturated heterocycles. The van der Waals surface area contributed by atoms with Crippen molar-refractivity contribution in [3.63, 3.8) is 0 Å². The maximum atomic E-state index is 12.7. The molecule has 1 aromatic rings. The highest BCUT2D eigenvalue weighted by Gasteiger charge is 2.31. The van der Waals surface area contributed by atoms with E-state index in [9.17, 15) is 13.2 Å². The SMILES string of the molecule is CS(=O)(=O)c1cn[nH]c1CC1CCCN(C(=O)C2CCOCC2)C1. The molecular weight excluding hydrogens is 330 g/mol. The molecule has 8 heteroatoms. The minimum Gasteiger partial charge on any atom is -0.381 e. The molecule has 24 heavy (non-hydrogen) atoms. The van der Waals surface area contributed by atoms with E-state index in [1.165, 1.54) is 12.5 Å². The predicted octanol–water partition coefficient (Wildman–Crippen LogP) is 1.02. The predicted molar refractivity (Wildman–Crippen MR) is 88.2 cm³/mol. The quantitative estimate of drug-likeness (QED) is 0.870. The average molecular weight is 355 g/mol. The van der Waals surface area contributed by atoms with E-state index in [4.69, 9.17) is 4.74 Å². The van der Waals surface area contributed by atoms with Gasteiger partial charge in [0.1, 0.15) is 4.90 Å². The van der Waals surface area contributed by atoms with Crippen LogP contribution in [0.1, 0.15) is 31.4 Å². The first-order valence-electron chi connectivity index (χ1n) is 8.54. The summed E-state index contributed by atoms with van der Waals surface area (Å²) in [7, 11) is -3.28. The van der Waals surface area contributed by atoms with Crippen molar-refractivity contribution in [2.45, 2.75) is 37.0 Å². The molecule has 1 amide bonds. The van der Waals surface area contributed by atoms with Gasteiger partial charge in [0.25, 0.3) is 0 Å². The van der Waals surface area contributed by atoms with Crippen molar-refractivity contribution in [1.29, 1.82) is 0 Å². The zero-order valence-corrected chi connectivity index (χ0v) is 14.8. The number of sulfone groups is 1. The van der Waals surface area contributed by atoms with Gasteiger partial charge < -0.3 is 9.64 Å². The van der Waals surface area contributed by atoms with Crippen LogP contribution in [0.4, 0.5) is 0 Å². The number of rotatable bonds is 4. The molecule has 2 aliphatic rings. The fourth-order valence-corrected chi connectivity index (χ4v) is 4.51. The van der Waals surface area contributed by atoms with Crippen LogP contribution in [-0.2, 0) is 25.8 Å². The molecule has 134 valence electrons. The summed E-state index contributed by atoms with van der Waals surface area (Å²) in [5, 5.41) is 6.70. The van der Waals surface area contributed by atoms with Gasteiger partial charge in [-0.25, -0.2) is 8.42 Å². The lowest BCUT2D eigenvalue weighted by molar-refractivity contribution is -0.140. The van der Waals surface area contributed by atoms with Crippen molar-refractivity contribution in [3.8, 4) is 0 Å². The number of nitrogens with zero attached hydrogens (tertiary/aromatic N) is 2. The van der Waals surface area contributed by atoms with E-state index in [1.807, 2.05) is 4.90 Å². The third-order valence-electron chi connectivity index (χ3n) is 4.97. The Labute approximate surface area is 142 Å². The number of carbonyl (C=O) groups is 1. The maximum absolute atomic E-state index is 12.7. The molecular formula is C16H25N3O4S. The second-order valence-corrected chi connectivity index (χ2v) is 8.85. The Hall–Kier alpha value is -1.41. The summed E-state index contributed by atoms with van der Waals surface area (Å²) in [4.78, 5) is 14.9.